The van der Waals surface area contributed by atoms with E-state index in [4.69, 9.17) is 14.7 Å². The Kier molecular flexibility index (Phi) is 2.73. The molecule has 0 unspecified atom stereocenters. The maximum Gasteiger partial charge on any atom is 0.175 e. The summed E-state index contributed by atoms with van der Waals surface area (Å²) in [7, 11) is 0. The lowest BCUT2D eigenvalue weighted by Crippen LogP contribution is -1.98. The van der Waals surface area contributed by atoms with Crippen LogP contribution in [0.4, 0.5) is 5.82 Å². The van der Waals surface area contributed by atoms with E-state index < -0.39 is 0 Å². The predicted molar refractivity (Wildman–Crippen MR) is 61.9 cm³/mol. The summed E-state index contributed by atoms with van der Waals surface area (Å²) in [5.41, 5.74) is 7.71. The molecule has 0 spiro atoms. The molecule has 2 rings (SSSR count). The number of nitrogens with two attached hydrogens (primary N) is 1. The predicted octanol–water partition coefficient (Wildman–Crippen LogP) is 3.02. The second-order valence-corrected chi connectivity index (χ2v) is 4.36. The summed E-state index contributed by atoms with van der Waals surface area (Å²) >= 11 is 0. The van der Waals surface area contributed by atoms with Gasteiger partial charge < -0.3 is 14.7 Å². The lowest BCUT2D eigenvalue weighted by molar-refractivity contribution is 0.432. The Morgan fingerprint density at radius 2 is 2.19 bits per heavy atom. The quantitative estimate of drug-likeness (QED) is 0.863. The summed E-state index contributed by atoms with van der Waals surface area (Å²) in [6, 6.07) is 1.87. The van der Waals surface area contributed by atoms with Gasteiger partial charge in [-0.15, -0.1) is 0 Å². The van der Waals surface area contributed by atoms with Gasteiger partial charge in [0.1, 0.15) is 5.76 Å². The number of aryl methyl sites for hydroxylation is 1. The monoisotopic (exact) mass is 220 g/mol. The van der Waals surface area contributed by atoms with Crippen LogP contribution in [-0.2, 0) is 6.42 Å². The zero-order chi connectivity index (χ0) is 11.7. The van der Waals surface area contributed by atoms with E-state index in [0.29, 0.717) is 11.7 Å². The van der Waals surface area contributed by atoms with Crippen molar-refractivity contribution in [3.8, 4) is 11.3 Å². The molecule has 2 aromatic rings. The highest BCUT2D eigenvalue weighted by Gasteiger charge is 2.19. The molecule has 0 saturated heterocycles. The molecule has 2 heterocycles. The van der Waals surface area contributed by atoms with Gasteiger partial charge in [-0.05, 0) is 25.3 Å². The minimum Gasteiger partial charge on any atom is -0.469 e. The molecular weight excluding hydrogens is 204 g/mol. The molecule has 0 radical (unpaired) electrons. The minimum atomic E-state index is 0.476. The second-order valence-electron chi connectivity index (χ2n) is 4.36. The number of rotatable bonds is 3. The van der Waals surface area contributed by atoms with Gasteiger partial charge >= 0.3 is 0 Å². The van der Waals surface area contributed by atoms with E-state index in [1.165, 1.54) is 0 Å². The van der Waals surface area contributed by atoms with Crippen molar-refractivity contribution in [2.75, 3.05) is 5.73 Å². The number of aromatic nitrogens is 1. The van der Waals surface area contributed by atoms with Crippen LogP contribution in [0.2, 0.25) is 0 Å². The SMILES string of the molecule is Cc1occc1-c1onc(N)c1CC(C)C. The average Bonchev–Trinajstić information content (AvgIpc) is 2.75. The lowest BCUT2D eigenvalue weighted by Gasteiger charge is -2.04. The number of nitrogens with zero attached hydrogens (tertiary/aromatic N) is 1. The smallest absolute Gasteiger partial charge is 0.175 e. The van der Waals surface area contributed by atoms with Crippen LogP contribution in [0.3, 0.4) is 0 Å². The summed E-state index contributed by atoms with van der Waals surface area (Å²) in [6.07, 6.45) is 2.50. The van der Waals surface area contributed by atoms with E-state index in [9.17, 15) is 0 Å². The lowest BCUT2D eigenvalue weighted by atomic mass is 10.00. The molecule has 2 N–H and O–H groups in total. The topological polar surface area (TPSA) is 65.2 Å². The maximum atomic E-state index is 5.81. The molecule has 0 saturated carbocycles. The molecule has 0 atom stereocenters. The number of anilines is 1. The third kappa shape index (κ3) is 1.83. The van der Waals surface area contributed by atoms with Crippen LogP contribution in [-0.4, -0.2) is 5.16 Å². The molecule has 0 aliphatic carbocycles. The summed E-state index contributed by atoms with van der Waals surface area (Å²) in [6.45, 7) is 6.17. The van der Waals surface area contributed by atoms with Crippen molar-refractivity contribution in [2.24, 2.45) is 5.92 Å². The van der Waals surface area contributed by atoms with Gasteiger partial charge in [-0.1, -0.05) is 19.0 Å². The van der Waals surface area contributed by atoms with Crippen molar-refractivity contribution >= 4 is 5.82 Å². The second kappa shape index (κ2) is 4.04. The Labute approximate surface area is 94.4 Å². The molecule has 0 amide bonds. The van der Waals surface area contributed by atoms with Gasteiger partial charge in [0, 0.05) is 5.56 Å². The Hall–Kier alpha value is -1.71. The molecular formula is C12H16N2O2. The van der Waals surface area contributed by atoms with Crippen LogP contribution in [0.25, 0.3) is 11.3 Å². The van der Waals surface area contributed by atoms with Gasteiger partial charge in [-0.25, -0.2) is 0 Å². The maximum absolute atomic E-state index is 5.81. The van der Waals surface area contributed by atoms with E-state index in [0.717, 1.165) is 29.1 Å². The van der Waals surface area contributed by atoms with Crippen molar-refractivity contribution in [1.29, 1.82) is 0 Å². The molecule has 4 heteroatoms. The first-order valence-corrected chi connectivity index (χ1v) is 5.38. The Balaban J connectivity index is 2.46. The number of furan rings is 1. The Morgan fingerprint density at radius 3 is 2.75 bits per heavy atom. The molecule has 0 fully saturated rings. The van der Waals surface area contributed by atoms with Gasteiger partial charge in [0.05, 0.1) is 11.8 Å². The fourth-order valence-electron chi connectivity index (χ4n) is 1.76. The molecule has 86 valence electrons. The zero-order valence-corrected chi connectivity index (χ0v) is 9.78. The van der Waals surface area contributed by atoms with Crippen molar-refractivity contribution in [2.45, 2.75) is 27.2 Å². The van der Waals surface area contributed by atoms with Crippen LogP contribution in [0.15, 0.2) is 21.3 Å². The van der Waals surface area contributed by atoms with Crippen LogP contribution >= 0.6 is 0 Å². The highest BCUT2D eigenvalue weighted by molar-refractivity contribution is 5.67. The van der Waals surface area contributed by atoms with E-state index in [1.807, 2.05) is 13.0 Å². The van der Waals surface area contributed by atoms with Crippen molar-refractivity contribution < 1.29 is 8.94 Å². The van der Waals surface area contributed by atoms with E-state index >= 15 is 0 Å². The van der Waals surface area contributed by atoms with E-state index in [-0.39, 0.29) is 0 Å². The molecule has 0 bridgehead atoms. The van der Waals surface area contributed by atoms with Crippen molar-refractivity contribution in [3.63, 3.8) is 0 Å². The summed E-state index contributed by atoms with van der Waals surface area (Å²) in [5.74, 6) is 2.54. The zero-order valence-electron chi connectivity index (χ0n) is 9.78. The van der Waals surface area contributed by atoms with E-state index in [2.05, 4.69) is 19.0 Å². The normalized spacial score (nSPS) is 11.2. The summed E-state index contributed by atoms with van der Waals surface area (Å²) in [5, 5.41) is 3.83. The largest absolute Gasteiger partial charge is 0.469 e. The molecule has 4 nitrogen and oxygen atoms in total. The summed E-state index contributed by atoms with van der Waals surface area (Å²) in [4.78, 5) is 0. The third-order valence-electron chi connectivity index (χ3n) is 2.53. The minimum absolute atomic E-state index is 0.476. The van der Waals surface area contributed by atoms with Crippen LogP contribution in [0, 0.1) is 12.8 Å². The van der Waals surface area contributed by atoms with Crippen LogP contribution < -0.4 is 5.73 Å². The first-order valence-electron chi connectivity index (χ1n) is 5.38. The highest BCUT2D eigenvalue weighted by atomic mass is 16.5. The molecule has 16 heavy (non-hydrogen) atoms. The first kappa shape index (κ1) is 10.8. The number of nitrogen functional groups attached to an aromatic ring is 1. The standard InChI is InChI=1S/C12H16N2O2/c1-7(2)6-10-11(16-14-12(10)13)9-4-5-15-8(9)3/h4-5,7H,6H2,1-3H3,(H2,13,14). The van der Waals surface area contributed by atoms with Gasteiger partial charge in [0.15, 0.2) is 11.6 Å². The van der Waals surface area contributed by atoms with Gasteiger partial charge in [-0.3, -0.25) is 0 Å². The van der Waals surface area contributed by atoms with Crippen molar-refractivity contribution in [1.82, 2.24) is 5.16 Å². The molecule has 0 aliphatic rings. The van der Waals surface area contributed by atoms with Gasteiger partial charge in [0.25, 0.3) is 0 Å². The fraction of sp³-hybridized carbons (Fsp3) is 0.417. The van der Waals surface area contributed by atoms with Gasteiger partial charge in [0.2, 0.25) is 0 Å². The fourth-order valence-corrected chi connectivity index (χ4v) is 1.76. The van der Waals surface area contributed by atoms with Crippen molar-refractivity contribution in [3.05, 3.63) is 23.7 Å². The van der Waals surface area contributed by atoms with Crippen LogP contribution in [0.5, 0.6) is 0 Å². The number of hydrogen-bond donors (Lipinski definition) is 1. The Bertz CT molecular complexity index is 483. The van der Waals surface area contributed by atoms with Crippen LogP contribution in [0.1, 0.15) is 25.2 Å². The first-order chi connectivity index (χ1) is 7.59. The van der Waals surface area contributed by atoms with Gasteiger partial charge in [-0.2, -0.15) is 0 Å². The molecule has 0 aliphatic heterocycles. The molecule has 0 aromatic carbocycles. The number of hydrogen-bond acceptors (Lipinski definition) is 4. The summed E-state index contributed by atoms with van der Waals surface area (Å²) < 4.78 is 10.5. The highest BCUT2D eigenvalue weighted by Crippen LogP contribution is 2.32. The average molecular weight is 220 g/mol. The third-order valence-corrected chi connectivity index (χ3v) is 2.53. The molecule has 2 aromatic heterocycles. The van der Waals surface area contributed by atoms with E-state index in [1.54, 1.807) is 6.26 Å². The Morgan fingerprint density at radius 1 is 1.44 bits per heavy atom.